The van der Waals surface area contributed by atoms with Crippen LogP contribution in [0.1, 0.15) is 34.4 Å². The van der Waals surface area contributed by atoms with E-state index in [9.17, 15) is 0 Å². The number of hydrogen-bond donors (Lipinski definition) is 2. The topological polar surface area (TPSA) is 40.2 Å². The molecular weight excluding hydrogens is 510 g/mol. The van der Waals surface area contributed by atoms with Crippen molar-refractivity contribution in [1.29, 1.82) is 0 Å². The number of anilines is 2. The molecule has 0 atom stereocenters. The molecule has 0 aliphatic carbocycles. The minimum absolute atomic E-state index is 0. The average molecular weight is 546 g/mol. The van der Waals surface area contributed by atoms with E-state index in [4.69, 9.17) is 0 Å². The molecule has 0 saturated carbocycles. The summed E-state index contributed by atoms with van der Waals surface area (Å²) in [5, 5.41) is 7.29. The van der Waals surface area contributed by atoms with Crippen molar-refractivity contribution < 1.29 is 41.6 Å². The van der Waals surface area contributed by atoms with Gasteiger partial charge >= 0.3 is 16.8 Å². The molecule has 0 unspecified atom stereocenters. The van der Waals surface area contributed by atoms with Gasteiger partial charge in [-0.1, -0.05) is 42.5 Å². The van der Waals surface area contributed by atoms with Crippen LogP contribution in [0.3, 0.4) is 0 Å². The molecule has 0 fully saturated rings. The van der Waals surface area contributed by atoms with Crippen LogP contribution < -0.4 is 35.4 Å². The monoisotopic (exact) mass is 545 g/mol. The number of aryl methyl sites for hydroxylation is 4. The van der Waals surface area contributed by atoms with Gasteiger partial charge in [0.15, 0.2) is 0 Å². The second-order valence-electron chi connectivity index (χ2n) is 8.34. The smallest absolute Gasteiger partial charge is 1.00 e. The standard InChI is InChI=1S/C27H36N4.2ClH.Co/c1-21-10-7-11-22(2)26(21)29-16-9-18-31(20-25-14-5-6-15-28-25)19-17-30-27-23(3)12-8-13-24(27)4;;;/h5-8,10-15,29-30H,9,16-20H2,1-4H3;2*1H;/q;;;+2/p-2. The van der Waals surface area contributed by atoms with E-state index in [-0.39, 0.29) is 41.6 Å². The van der Waals surface area contributed by atoms with Crippen LogP contribution in [0.2, 0.25) is 0 Å². The van der Waals surface area contributed by atoms with Crippen LogP contribution in [0.25, 0.3) is 0 Å². The van der Waals surface area contributed by atoms with Gasteiger partial charge < -0.3 is 35.4 Å². The van der Waals surface area contributed by atoms with Gasteiger partial charge in [-0.25, -0.2) is 0 Å². The van der Waals surface area contributed by atoms with Gasteiger partial charge in [0.2, 0.25) is 0 Å². The van der Waals surface area contributed by atoms with Gasteiger partial charge in [0.1, 0.15) is 0 Å². The molecule has 0 bridgehead atoms. The first-order valence-corrected chi connectivity index (χ1v) is 11.3. The van der Waals surface area contributed by atoms with Crippen molar-refractivity contribution in [2.24, 2.45) is 0 Å². The predicted molar refractivity (Wildman–Crippen MR) is 133 cm³/mol. The Bertz CT molecular complexity index is 930. The summed E-state index contributed by atoms with van der Waals surface area (Å²) in [6, 6.07) is 19.1. The molecule has 0 amide bonds. The molecule has 1 aromatic heterocycles. The fraction of sp³-hybridized carbons (Fsp3) is 0.370. The van der Waals surface area contributed by atoms with Gasteiger partial charge in [0, 0.05) is 50.3 Å². The van der Waals surface area contributed by atoms with Crippen LogP contribution >= 0.6 is 0 Å². The van der Waals surface area contributed by atoms with E-state index in [1.165, 1.54) is 33.6 Å². The minimum Gasteiger partial charge on any atom is -1.00 e. The summed E-state index contributed by atoms with van der Waals surface area (Å²) in [4.78, 5) is 7.03. The maximum atomic E-state index is 4.53. The van der Waals surface area contributed by atoms with Crippen molar-refractivity contribution in [2.75, 3.05) is 36.8 Å². The quantitative estimate of drug-likeness (QED) is 0.326. The van der Waals surface area contributed by atoms with Crippen LogP contribution in [-0.4, -0.2) is 36.1 Å². The van der Waals surface area contributed by atoms with Crippen LogP contribution in [0.4, 0.5) is 11.4 Å². The van der Waals surface area contributed by atoms with E-state index in [0.29, 0.717) is 0 Å². The number of nitrogens with zero attached hydrogens (tertiary/aromatic N) is 2. The third-order valence-corrected chi connectivity index (χ3v) is 5.76. The van der Waals surface area contributed by atoms with E-state index in [1.54, 1.807) is 0 Å². The zero-order valence-electron chi connectivity index (χ0n) is 20.5. The Labute approximate surface area is 228 Å². The van der Waals surface area contributed by atoms with Crippen LogP contribution in [0, 0.1) is 27.7 Å². The Hall–Kier alpha value is -1.76. The van der Waals surface area contributed by atoms with E-state index in [1.807, 2.05) is 12.3 Å². The number of para-hydroxylation sites is 2. The summed E-state index contributed by atoms with van der Waals surface area (Å²) in [6.45, 7) is 13.4. The molecular formula is C27H36Cl2CoN4. The van der Waals surface area contributed by atoms with E-state index in [0.717, 1.165) is 44.8 Å². The maximum absolute atomic E-state index is 4.53. The number of halogens is 2. The molecule has 3 rings (SSSR count). The molecule has 34 heavy (non-hydrogen) atoms. The van der Waals surface area contributed by atoms with E-state index in [2.05, 4.69) is 96.7 Å². The Balaban J connectivity index is 0.00000363. The molecule has 0 aliphatic heterocycles. The molecule has 3 aromatic rings. The number of aromatic nitrogens is 1. The first-order chi connectivity index (χ1) is 15.0. The fourth-order valence-corrected chi connectivity index (χ4v) is 4.03. The average Bonchev–Trinajstić information content (AvgIpc) is 2.75. The van der Waals surface area contributed by atoms with Crippen molar-refractivity contribution in [3.8, 4) is 0 Å². The first-order valence-electron chi connectivity index (χ1n) is 11.3. The SMILES string of the molecule is Cc1cccc(C)c1NCCCN(CCNc1c(C)cccc1C)Cc1ccccn1.[Cl-].[Cl-].[Co+2]. The molecule has 187 valence electrons. The molecule has 0 saturated heterocycles. The van der Waals surface area contributed by atoms with Crippen molar-refractivity contribution in [3.63, 3.8) is 0 Å². The molecule has 4 nitrogen and oxygen atoms in total. The van der Waals surface area contributed by atoms with Crippen LogP contribution in [0.5, 0.6) is 0 Å². The maximum Gasteiger partial charge on any atom is 2.00 e. The first kappa shape index (κ1) is 32.2. The van der Waals surface area contributed by atoms with Gasteiger partial charge in [0.05, 0.1) is 5.69 Å². The largest absolute Gasteiger partial charge is 2.00 e. The summed E-state index contributed by atoms with van der Waals surface area (Å²) >= 11 is 0. The Morgan fingerprint density at radius 2 is 1.21 bits per heavy atom. The zero-order valence-corrected chi connectivity index (χ0v) is 23.1. The summed E-state index contributed by atoms with van der Waals surface area (Å²) in [6.07, 6.45) is 2.97. The molecule has 0 spiro atoms. The van der Waals surface area contributed by atoms with E-state index >= 15 is 0 Å². The normalized spacial score (nSPS) is 10.0. The van der Waals surface area contributed by atoms with Crippen LogP contribution in [0.15, 0.2) is 60.8 Å². The number of benzene rings is 2. The molecule has 0 aliphatic rings. The number of nitrogens with one attached hydrogen (secondary N) is 2. The summed E-state index contributed by atoms with van der Waals surface area (Å²) in [7, 11) is 0. The van der Waals surface area contributed by atoms with Crippen molar-refractivity contribution in [1.82, 2.24) is 9.88 Å². The predicted octanol–water partition coefficient (Wildman–Crippen LogP) is -0.263. The molecule has 2 aromatic carbocycles. The molecule has 7 heteroatoms. The van der Waals surface area contributed by atoms with Gasteiger partial charge in [-0.3, -0.25) is 9.88 Å². The summed E-state index contributed by atoms with van der Waals surface area (Å²) in [5.74, 6) is 0. The van der Waals surface area contributed by atoms with Gasteiger partial charge in [-0.2, -0.15) is 0 Å². The zero-order chi connectivity index (χ0) is 22.1. The second kappa shape index (κ2) is 16.8. The van der Waals surface area contributed by atoms with Gasteiger partial charge in [0.25, 0.3) is 0 Å². The Morgan fingerprint density at radius 3 is 1.71 bits per heavy atom. The van der Waals surface area contributed by atoms with E-state index < -0.39 is 0 Å². The van der Waals surface area contributed by atoms with Gasteiger partial charge in [-0.15, -0.1) is 0 Å². The third-order valence-electron chi connectivity index (χ3n) is 5.76. The Kier molecular flexibility index (Phi) is 15.9. The fourth-order valence-electron chi connectivity index (χ4n) is 4.03. The van der Waals surface area contributed by atoms with Crippen molar-refractivity contribution in [2.45, 2.75) is 40.7 Å². The third kappa shape index (κ3) is 9.85. The summed E-state index contributed by atoms with van der Waals surface area (Å²) < 4.78 is 0. The number of rotatable bonds is 11. The second-order valence-corrected chi connectivity index (χ2v) is 8.34. The van der Waals surface area contributed by atoms with Crippen molar-refractivity contribution in [3.05, 3.63) is 88.7 Å². The van der Waals surface area contributed by atoms with Gasteiger partial charge in [-0.05, 0) is 68.5 Å². The van der Waals surface area contributed by atoms with Crippen LogP contribution in [-0.2, 0) is 23.3 Å². The molecule has 1 heterocycles. The molecule has 1 radical (unpaired) electrons. The van der Waals surface area contributed by atoms with Crippen molar-refractivity contribution >= 4 is 11.4 Å². The number of pyridine rings is 1. The Morgan fingerprint density at radius 1 is 0.676 bits per heavy atom. The number of hydrogen-bond acceptors (Lipinski definition) is 4. The minimum atomic E-state index is 0. The summed E-state index contributed by atoms with van der Waals surface area (Å²) in [5.41, 5.74) is 8.87. The molecule has 2 N–H and O–H groups in total.